The fourth-order valence-electron chi connectivity index (χ4n) is 1.19. The molecular formula is C20H21NaO4S. The van der Waals surface area contributed by atoms with Gasteiger partial charge in [-0.2, -0.15) is 0 Å². The first-order chi connectivity index (χ1) is 12.1. The molecule has 4 nitrogen and oxygen atoms in total. The Balaban J connectivity index is 0. The summed E-state index contributed by atoms with van der Waals surface area (Å²) in [4.78, 5) is 0. The molecule has 0 aromatic carbocycles. The van der Waals surface area contributed by atoms with Crippen molar-refractivity contribution in [3.63, 3.8) is 0 Å². The second-order valence-corrected chi connectivity index (χ2v) is 5.16. The third-order valence-electron chi connectivity index (χ3n) is 2.17. The van der Waals surface area contributed by atoms with E-state index in [2.05, 4.69) is 10.8 Å². The van der Waals surface area contributed by atoms with E-state index in [1.165, 1.54) is 12.2 Å². The Morgan fingerprint density at radius 1 is 0.577 bits per heavy atom. The first-order valence-electron chi connectivity index (χ1n) is 7.31. The average Bonchev–Trinajstić information content (AvgIpc) is 2.56. The molecule has 0 atom stereocenters. The van der Waals surface area contributed by atoms with Crippen LogP contribution in [0.1, 0.15) is 0 Å². The topological polar surface area (TPSA) is 66.4 Å². The Labute approximate surface area is 178 Å². The zero-order chi connectivity index (χ0) is 18.6. The van der Waals surface area contributed by atoms with Gasteiger partial charge in [0.25, 0.3) is 10.4 Å². The normalized spacial score (nSPS) is 13.9. The zero-order valence-corrected chi connectivity index (χ0v) is 17.5. The van der Waals surface area contributed by atoms with Gasteiger partial charge in [0.2, 0.25) is 0 Å². The van der Waals surface area contributed by atoms with Gasteiger partial charge in [0.15, 0.2) is 0 Å². The summed E-state index contributed by atoms with van der Waals surface area (Å²) in [5.74, 6) is 0. The number of allylic oxidation sites excluding steroid dienone is 18. The third kappa shape index (κ3) is 24.4. The van der Waals surface area contributed by atoms with Crippen LogP contribution in [0.4, 0.5) is 0 Å². The minimum atomic E-state index is -4.67. The molecule has 0 saturated carbocycles. The van der Waals surface area contributed by atoms with Gasteiger partial charge >= 0.3 is 29.6 Å². The molecule has 0 saturated heterocycles. The first-order valence-corrected chi connectivity index (χ1v) is 8.64. The molecule has 0 unspecified atom stereocenters. The molecule has 0 aliphatic heterocycles. The van der Waals surface area contributed by atoms with Crippen molar-refractivity contribution >= 4 is 10.4 Å². The third-order valence-corrected chi connectivity index (χ3v) is 2.51. The Bertz CT molecular complexity index is 732. The molecule has 0 bridgehead atoms. The van der Waals surface area contributed by atoms with E-state index < -0.39 is 10.4 Å². The van der Waals surface area contributed by atoms with Crippen molar-refractivity contribution in [3.8, 4) is 0 Å². The van der Waals surface area contributed by atoms with Crippen LogP contribution in [-0.2, 0) is 14.6 Å². The molecular weight excluding hydrogens is 359 g/mol. The summed E-state index contributed by atoms with van der Waals surface area (Å²) in [5, 5.41) is 0. The van der Waals surface area contributed by atoms with Crippen LogP contribution in [0.3, 0.4) is 0 Å². The summed E-state index contributed by atoms with van der Waals surface area (Å²) in [5.41, 5.74) is 0. The Hall–Kier alpha value is -1.89. The predicted molar refractivity (Wildman–Crippen MR) is 103 cm³/mol. The van der Waals surface area contributed by atoms with Gasteiger partial charge in [-0.1, -0.05) is 110 Å². The molecule has 6 heteroatoms. The fraction of sp³-hybridized carbons (Fsp3) is 0. The van der Waals surface area contributed by atoms with Gasteiger partial charge in [0, 0.05) is 0 Å². The smallest absolute Gasteiger partial charge is 0.716 e. The van der Waals surface area contributed by atoms with Crippen LogP contribution in [0.15, 0.2) is 122 Å². The van der Waals surface area contributed by atoms with Crippen LogP contribution in [-0.4, -0.2) is 13.0 Å². The predicted octanol–water partition coefficient (Wildman–Crippen LogP) is 1.62. The first kappa shape index (κ1) is 26.3. The Morgan fingerprint density at radius 3 is 1.12 bits per heavy atom. The van der Waals surface area contributed by atoms with Gasteiger partial charge in [0.1, 0.15) is 6.26 Å². The van der Waals surface area contributed by atoms with Crippen LogP contribution in [0.25, 0.3) is 0 Å². The fourth-order valence-corrected chi connectivity index (χ4v) is 1.39. The van der Waals surface area contributed by atoms with Gasteiger partial charge in [-0.15, -0.1) is 0 Å². The van der Waals surface area contributed by atoms with Crippen LogP contribution < -0.4 is 29.6 Å². The van der Waals surface area contributed by atoms with Gasteiger partial charge in [0.05, 0.1) is 0 Å². The molecule has 0 rings (SSSR count). The van der Waals surface area contributed by atoms with Gasteiger partial charge in [-0.25, -0.2) is 8.42 Å². The monoisotopic (exact) mass is 380 g/mol. The molecule has 0 radical (unpaired) electrons. The molecule has 0 N–H and O–H groups in total. The van der Waals surface area contributed by atoms with E-state index in [0.29, 0.717) is 0 Å². The maximum absolute atomic E-state index is 10.1. The average molecular weight is 380 g/mol. The van der Waals surface area contributed by atoms with E-state index in [1.54, 1.807) is 24.3 Å². The molecule has 132 valence electrons. The van der Waals surface area contributed by atoms with Crippen molar-refractivity contribution in [1.29, 1.82) is 0 Å². The second-order valence-electron chi connectivity index (χ2n) is 4.15. The largest absolute Gasteiger partial charge is 1.00 e. The number of hydrogen-bond acceptors (Lipinski definition) is 4. The van der Waals surface area contributed by atoms with Crippen LogP contribution in [0.2, 0.25) is 0 Å². The van der Waals surface area contributed by atoms with E-state index in [-0.39, 0.29) is 29.6 Å². The number of rotatable bonds is 11. The number of hydrogen-bond donors (Lipinski definition) is 0. The van der Waals surface area contributed by atoms with Crippen molar-refractivity contribution in [2.24, 2.45) is 0 Å². The molecule has 0 aromatic rings. The molecule has 0 spiro atoms. The quantitative estimate of drug-likeness (QED) is 0.180. The van der Waals surface area contributed by atoms with Crippen molar-refractivity contribution in [3.05, 3.63) is 122 Å². The van der Waals surface area contributed by atoms with E-state index in [1.807, 2.05) is 72.9 Å². The van der Waals surface area contributed by atoms with Crippen LogP contribution in [0.5, 0.6) is 0 Å². The van der Waals surface area contributed by atoms with E-state index >= 15 is 0 Å². The SMILES string of the molecule is C=C/C=C/C=C/C=C/C=C/C=C/C=C/C=C/C=C/C=C/OS(=O)(=O)[O-].[Na+]. The summed E-state index contributed by atoms with van der Waals surface area (Å²) in [6, 6.07) is 0. The minimum absolute atomic E-state index is 0. The van der Waals surface area contributed by atoms with Gasteiger partial charge in [-0.3, -0.25) is 0 Å². The second kappa shape index (κ2) is 19.4. The molecule has 0 heterocycles. The van der Waals surface area contributed by atoms with E-state index in [4.69, 9.17) is 0 Å². The van der Waals surface area contributed by atoms with Crippen molar-refractivity contribution in [1.82, 2.24) is 0 Å². The maximum atomic E-state index is 10.1. The summed E-state index contributed by atoms with van der Waals surface area (Å²) < 4.78 is 34.2. The molecule has 0 aliphatic carbocycles. The molecule has 0 aliphatic rings. The summed E-state index contributed by atoms with van der Waals surface area (Å²) in [6.07, 6.45) is 33.3. The standard InChI is InChI=1S/C20H22O4S.Na/c1-2-3-4-5-6-7-8-9-10-11-12-13-14-15-16-17-18-19-20-24-25(21,22)23;/h2-20H,1H2,(H,21,22,23);/q;+1/p-1/b4-3+,6-5+,8-7+,10-9+,12-11+,14-13+,16-15+,18-17+,20-19+;. The van der Waals surface area contributed by atoms with Crippen molar-refractivity contribution in [2.45, 2.75) is 0 Å². The van der Waals surface area contributed by atoms with Crippen molar-refractivity contribution in [2.75, 3.05) is 0 Å². The van der Waals surface area contributed by atoms with E-state index in [9.17, 15) is 13.0 Å². The summed E-state index contributed by atoms with van der Waals surface area (Å²) in [6.45, 7) is 3.58. The Morgan fingerprint density at radius 2 is 0.846 bits per heavy atom. The van der Waals surface area contributed by atoms with Crippen molar-refractivity contribution < 1.29 is 46.7 Å². The minimum Gasteiger partial charge on any atom is -0.716 e. The summed E-state index contributed by atoms with van der Waals surface area (Å²) >= 11 is 0. The van der Waals surface area contributed by atoms with Crippen LogP contribution >= 0.6 is 0 Å². The molecule has 26 heavy (non-hydrogen) atoms. The van der Waals surface area contributed by atoms with Gasteiger partial charge in [-0.05, 0) is 6.08 Å². The summed E-state index contributed by atoms with van der Waals surface area (Å²) in [7, 11) is -4.67. The zero-order valence-electron chi connectivity index (χ0n) is 14.7. The maximum Gasteiger partial charge on any atom is 1.00 e. The Kier molecular flexibility index (Phi) is 19.7. The van der Waals surface area contributed by atoms with Crippen LogP contribution in [0, 0.1) is 0 Å². The van der Waals surface area contributed by atoms with Gasteiger partial charge < -0.3 is 8.74 Å². The molecule has 0 aromatic heterocycles. The molecule has 0 amide bonds. The molecule has 0 fully saturated rings. The van der Waals surface area contributed by atoms with E-state index in [0.717, 1.165) is 6.26 Å².